The average molecular weight is 322 g/mol. The number of non-ortho nitro benzene ring substituents is 1. The Bertz CT molecular complexity index is 616. The van der Waals surface area contributed by atoms with E-state index in [-0.39, 0.29) is 29.0 Å². The predicted molar refractivity (Wildman–Crippen MR) is 76.7 cm³/mol. The number of nitrogens with one attached hydrogen (secondary N) is 1. The highest BCUT2D eigenvalue weighted by Gasteiger charge is 2.32. The molecule has 0 amide bonds. The molecule has 0 radical (unpaired) electrons. The highest BCUT2D eigenvalue weighted by Crippen LogP contribution is 2.25. The number of nitro groups is 1. The van der Waals surface area contributed by atoms with Gasteiger partial charge in [0.1, 0.15) is 0 Å². The first-order chi connectivity index (χ1) is 8.84. The molecule has 1 N–H and O–H groups in total. The summed E-state index contributed by atoms with van der Waals surface area (Å²) in [6.45, 7) is 2.82. The summed E-state index contributed by atoms with van der Waals surface area (Å²) in [7, 11) is -2.07. The summed E-state index contributed by atoms with van der Waals surface area (Å²) in [6.07, 6.45) is 0. The zero-order chi connectivity index (χ0) is 14.2. The molecule has 2 rings (SSSR count). The summed E-state index contributed by atoms with van der Waals surface area (Å²) in [6, 6.07) is 3.73. The molecule has 0 spiro atoms. The zero-order valence-electron chi connectivity index (χ0n) is 11.1. The third-order valence-corrected chi connectivity index (χ3v) is 5.37. The van der Waals surface area contributed by atoms with E-state index in [1.54, 1.807) is 6.92 Å². The first kappa shape index (κ1) is 16.8. The van der Waals surface area contributed by atoms with Crippen molar-refractivity contribution >= 4 is 28.1 Å². The molecule has 1 fully saturated rings. The molecule has 20 heavy (non-hydrogen) atoms. The van der Waals surface area contributed by atoms with E-state index in [1.807, 2.05) is 0 Å². The number of aryl methyl sites for hydroxylation is 1. The van der Waals surface area contributed by atoms with E-state index in [9.17, 15) is 18.5 Å². The maximum absolute atomic E-state index is 12.4. The Morgan fingerprint density at radius 2 is 2.00 bits per heavy atom. The van der Waals surface area contributed by atoms with E-state index >= 15 is 0 Å². The molecule has 0 atom stereocenters. The molecule has 1 aromatic rings. The van der Waals surface area contributed by atoms with Gasteiger partial charge in [0, 0.05) is 38.3 Å². The van der Waals surface area contributed by atoms with E-state index in [0.717, 1.165) is 0 Å². The molecule has 1 saturated heterocycles. The standard InChI is InChI=1S/C11H15N3O4S.ClH/c1-8-5-9(14(15)16)3-4-11(8)19(17,18)13(2)10-6-12-7-10;/h3-5,10,12H,6-7H2,1-2H3;1H. The average Bonchev–Trinajstić information content (AvgIpc) is 2.25. The van der Waals surface area contributed by atoms with E-state index in [2.05, 4.69) is 5.32 Å². The molecule has 9 heteroatoms. The van der Waals surface area contributed by atoms with Crippen molar-refractivity contribution in [2.45, 2.75) is 17.9 Å². The van der Waals surface area contributed by atoms with Gasteiger partial charge in [0.05, 0.1) is 9.82 Å². The number of benzene rings is 1. The van der Waals surface area contributed by atoms with Crippen molar-refractivity contribution in [3.8, 4) is 0 Å². The molecule has 0 unspecified atom stereocenters. The minimum atomic E-state index is -3.60. The van der Waals surface area contributed by atoms with Crippen LogP contribution in [0.4, 0.5) is 5.69 Å². The molecule has 112 valence electrons. The smallest absolute Gasteiger partial charge is 0.269 e. The molecular formula is C11H16ClN3O4S. The summed E-state index contributed by atoms with van der Waals surface area (Å²) >= 11 is 0. The molecule has 0 bridgehead atoms. The predicted octanol–water partition coefficient (Wildman–Crippen LogP) is 0.917. The second-order valence-corrected chi connectivity index (χ2v) is 6.51. The van der Waals surface area contributed by atoms with E-state index in [0.29, 0.717) is 18.7 Å². The second-order valence-electron chi connectivity index (χ2n) is 4.54. The Hall–Kier alpha value is -1.22. The van der Waals surface area contributed by atoms with Gasteiger partial charge in [0.15, 0.2) is 0 Å². The molecule has 1 aromatic carbocycles. The molecule has 0 aliphatic carbocycles. The van der Waals surface area contributed by atoms with Gasteiger partial charge in [-0.1, -0.05) is 0 Å². The Labute approximate surface area is 123 Å². The van der Waals surface area contributed by atoms with Crippen LogP contribution in [0.15, 0.2) is 23.1 Å². The minimum Gasteiger partial charge on any atom is -0.313 e. The van der Waals surface area contributed by atoms with Crippen molar-refractivity contribution in [3.63, 3.8) is 0 Å². The van der Waals surface area contributed by atoms with Crippen molar-refractivity contribution in [2.24, 2.45) is 0 Å². The van der Waals surface area contributed by atoms with Crippen LogP contribution in [0.5, 0.6) is 0 Å². The Kier molecular flexibility index (Phi) is 5.09. The number of nitro benzene ring substituents is 1. The molecule has 0 saturated carbocycles. The largest absolute Gasteiger partial charge is 0.313 e. The first-order valence-corrected chi connectivity index (χ1v) is 7.22. The SMILES string of the molecule is Cc1cc([N+](=O)[O-])ccc1S(=O)(=O)N(C)C1CNC1.Cl. The number of hydrogen-bond donors (Lipinski definition) is 1. The number of rotatable bonds is 4. The monoisotopic (exact) mass is 321 g/mol. The maximum atomic E-state index is 12.4. The fourth-order valence-electron chi connectivity index (χ4n) is 1.92. The fraction of sp³-hybridized carbons (Fsp3) is 0.455. The van der Waals surface area contributed by atoms with Crippen LogP contribution in [0.25, 0.3) is 0 Å². The van der Waals surface area contributed by atoms with Gasteiger partial charge in [0.25, 0.3) is 5.69 Å². The molecule has 1 aliphatic heterocycles. The summed E-state index contributed by atoms with van der Waals surface area (Å²) in [5.41, 5.74) is 0.276. The number of hydrogen-bond acceptors (Lipinski definition) is 5. The van der Waals surface area contributed by atoms with Crippen LogP contribution in [0.2, 0.25) is 0 Å². The van der Waals surface area contributed by atoms with Gasteiger partial charge >= 0.3 is 0 Å². The van der Waals surface area contributed by atoms with Crippen LogP contribution in [-0.4, -0.2) is 43.8 Å². The van der Waals surface area contributed by atoms with Gasteiger partial charge in [-0.05, 0) is 18.6 Å². The van der Waals surface area contributed by atoms with Gasteiger partial charge < -0.3 is 5.32 Å². The van der Waals surface area contributed by atoms with Gasteiger partial charge in [0.2, 0.25) is 10.0 Å². The fourth-order valence-corrected chi connectivity index (χ4v) is 3.48. The highest BCUT2D eigenvalue weighted by atomic mass is 35.5. The van der Waals surface area contributed by atoms with Crippen molar-refractivity contribution < 1.29 is 13.3 Å². The number of sulfonamides is 1. The highest BCUT2D eigenvalue weighted by molar-refractivity contribution is 7.89. The number of likely N-dealkylation sites (N-methyl/N-ethyl adjacent to an activating group) is 1. The minimum absolute atomic E-state index is 0. The molecule has 7 nitrogen and oxygen atoms in total. The normalized spacial score (nSPS) is 15.6. The van der Waals surface area contributed by atoms with E-state index in [1.165, 1.54) is 29.6 Å². The third kappa shape index (κ3) is 2.93. The Morgan fingerprint density at radius 1 is 1.40 bits per heavy atom. The topological polar surface area (TPSA) is 92.5 Å². The van der Waals surface area contributed by atoms with Crippen LogP contribution in [0.3, 0.4) is 0 Å². The third-order valence-electron chi connectivity index (χ3n) is 3.30. The van der Waals surface area contributed by atoms with Gasteiger partial charge in [-0.25, -0.2) is 8.42 Å². The summed E-state index contributed by atoms with van der Waals surface area (Å²) < 4.78 is 26.1. The molecule has 0 aromatic heterocycles. The summed E-state index contributed by atoms with van der Waals surface area (Å²) in [5, 5.41) is 13.7. The zero-order valence-corrected chi connectivity index (χ0v) is 12.7. The van der Waals surface area contributed by atoms with E-state index < -0.39 is 14.9 Å². The quantitative estimate of drug-likeness (QED) is 0.657. The van der Waals surface area contributed by atoms with Gasteiger partial charge in [-0.3, -0.25) is 10.1 Å². The molecule has 1 heterocycles. The number of halogens is 1. The van der Waals surface area contributed by atoms with E-state index in [4.69, 9.17) is 0 Å². The van der Waals surface area contributed by atoms with Crippen molar-refractivity contribution in [1.29, 1.82) is 0 Å². The first-order valence-electron chi connectivity index (χ1n) is 5.78. The second kappa shape index (κ2) is 6.04. The Balaban J connectivity index is 0.00000200. The lowest BCUT2D eigenvalue weighted by Crippen LogP contribution is -2.57. The molecular weight excluding hydrogens is 306 g/mol. The van der Waals surface area contributed by atoms with Crippen molar-refractivity contribution in [1.82, 2.24) is 9.62 Å². The lowest BCUT2D eigenvalue weighted by atomic mass is 10.2. The van der Waals surface area contributed by atoms with Gasteiger partial charge in [-0.15, -0.1) is 12.4 Å². The lowest BCUT2D eigenvalue weighted by Gasteiger charge is -2.34. The van der Waals surface area contributed by atoms with Crippen molar-refractivity contribution in [2.75, 3.05) is 20.1 Å². The van der Waals surface area contributed by atoms with Crippen molar-refractivity contribution in [3.05, 3.63) is 33.9 Å². The van der Waals surface area contributed by atoms with Crippen LogP contribution >= 0.6 is 12.4 Å². The van der Waals surface area contributed by atoms with Gasteiger partial charge in [-0.2, -0.15) is 4.31 Å². The van der Waals surface area contributed by atoms with Crippen LogP contribution in [-0.2, 0) is 10.0 Å². The van der Waals surface area contributed by atoms with Crippen LogP contribution in [0, 0.1) is 17.0 Å². The lowest BCUT2D eigenvalue weighted by molar-refractivity contribution is -0.385. The summed E-state index contributed by atoms with van der Waals surface area (Å²) in [5.74, 6) is 0. The maximum Gasteiger partial charge on any atom is 0.269 e. The van der Waals surface area contributed by atoms with Crippen LogP contribution in [0.1, 0.15) is 5.56 Å². The molecule has 1 aliphatic rings. The number of nitrogens with zero attached hydrogens (tertiary/aromatic N) is 2. The Morgan fingerprint density at radius 3 is 2.40 bits per heavy atom. The summed E-state index contributed by atoms with van der Waals surface area (Å²) in [4.78, 5) is 10.2. The van der Waals surface area contributed by atoms with Crippen LogP contribution < -0.4 is 5.32 Å².